The first-order valence-electron chi connectivity index (χ1n) is 5.70. The second kappa shape index (κ2) is 6.14. The van der Waals surface area contributed by atoms with Crippen LogP contribution in [0.3, 0.4) is 0 Å². The van der Waals surface area contributed by atoms with E-state index >= 15 is 0 Å². The molecule has 1 aromatic carbocycles. The molecule has 0 saturated carbocycles. The van der Waals surface area contributed by atoms with Gasteiger partial charge in [0.1, 0.15) is 5.69 Å². The number of aliphatic hydroxyl groups excluding tert-OH is 1. The summed E-state index contributed by atoms with van der Waals surface area (Å²) < 4.78 is 0. The van der Waals surface area contributed by atoms with Crippen molar-refractivity contribution in [1.29, 1.82) is 0 Å². The van der Waals surface area contributed by atoms with Crippen LogP contribution in [0.5, 0.6) is 0 Å². The van der Waals surface area contributed by atoms with E-state index in [0.717, 1.165) is 5.01 Å². The number of aromatic nitrogens is 1. The van der Waals surface area contributed by atoms with Crippen LogP contribution in [0, 0.1) is 6.92 Å². The van der Waals surface area contributed by atoms with E-state index in [1.807, 2.05) is 6.92 Å². The zero-order chi connectivity index (χ0) is 13.8. The van der Waals surface area contributed by atoms with Gasteiger partial charge in [0.05, 0.1) is 11.1 Å². The molecule has 0 spiro atoms. The Kier molecular flexibility index (Phi) is 4.52. The quantitative estimate of drug-likeness (QED) is 0.911. The van der Waals surface area contributed by atoms with Crippen molar-refractivity contribution in [3.63, 3.8) is 0 Å². The zero-order valence-corrected chi connectivity index (χ0v) is 11.8. The predicted molar refractivity (Wildman–Crippen MR) is 75.6 cm³/mol. The lowest BCUT2D eigenvalue weighted by atomic mass is 10.1. The first-order chi connectivity index (χ1) is 9.06. The summed E-state index contributed by atoms with van der Waals surface area (Å²) in [5.74, 6) is -0.280. The lowest BCUT2D eigenvalue weighted by molar-refractivity contribution is 0.0912. The summed E-state index contributed by atoms with van der Waals surface area (Å²) in [4.78, 5) is 15.8. The minimum absolute atomic E-state index is 0.136. The summed E-state index contributed by atoms with van der Waals surface area (Å²) in [7, 11) is 0. The third-order valence-corrected chi connectivity index (χ3v) is 3.59. The van der Waals surface area contributed by atoms with Crippen LogP contribution < -0.4 is 5.32 Å². The first-order valence-corrected chi connectivity index (χ1v) is 6.96. The van der Waals surface area contributed by atoms with E-state index < -0.39 is 6.10 Å². The topological polar surface area (TPSA) is 62.2 Å². The van der Waals surface area contributed by atoms with Crippen molar-refractivity contribution in [1.82, 2.24) is 10.3 Å². The highest BCUT2D eigenvalue weighted by Gasteiger charge is 2.12. The minimum atomic E-state index is -0.763. The molecule has 19 heavy (non-hydrogen) atoms. The van der Waals surface area contributed by atoms with Crippen molar-refractivity contribution in [3.05, 3.63) is 50.9 Å². The second-order valence-corrected chi connectivity index (χ2v) is 5.53. The molecule has 1 atom stereocenters. The monoisotopic (exact) mass is 296 g/mol. The van der Waals surface area contributed by atoms with Crippen LogP contribution >= 0.6 is 22.9 Å². The van der Waals surface area contributed by atoms with Crippen molar-refractivity contribution in [2.24, 2.45) is 0 Å². The van der Waals surface area contributed by atoms with E-state index in [0.29, 0.717) is 16.3 Å². The Bertz CT molecular complexity index is 568. The number of rotatable bonds is 4. The van der Waals surface area contributed by atoms with Gasteiger partial charge in [-0.2, -0.15) is 0 Å². The molecule has 0 aliphatic carbocycles. The van der Waals surface area contributed by atoms with Gasteiger partial charge in [-0.25, -0.2) is 4.98 Å². The molecule has 0 aliphatic heterocycles. The largest absolute Gasteiger partial charge is 0.387 e. The number of nitrogens with zero attached hydrogens (tertiary/aromatic N) is 1. The van der Waals surface area contributed by atoms with Crippen LogP contribution in [0.25, 0.3) is 0 Å². The number of nitrogens with one attached hydrogen (secondary N) is 1. The van der Waals surface area contributed by atoms with Gasteiger partial charge in [0.25, 0.3) is 5.91 Å². The molecule has 0 fully saturated rings. The number of amides is 1. The summed E-state index contributed by atoms with van der Waals surface area (Å²) in [6.07, 6.45) is -0.763. The fourth-order valence-corrected chi connectivity index (χ4v) is 2.27. The molecule has 0 bridgehead atoms. The number of hydrogen-bond acceptors (Lipinski definition) is 4. The molecule has 100 valence electrons. The minimum Gasteiger partial charge on any atom is -0.387 e. The second-order valence-electron chi connectivity index (χ2n) is 4.03. The molecule has 0 aliphatic rings. The fraction of sp³-hybridized carbons (Fsp3) is 0.231. The number of carbonyl (C=O) groups is 1. The normalized spacial score (nSPS) is 12.2. The first kappa shape index (κ1) is 14.0. The summed E-state index contributed by atoms with van der Waals surface area (Å²) in [6, 6.07) is 6.86. The van der Waals surface area contributed by atoms with E-state index in [-0.39, 0.29) is 12.5 Å². The number of halogens is 1. The third-order valence-electron chi connectivity index (χ3n) is 2.56. The molecule has 1 amide bonds. The van der Waals surface area contributed by atoms with Gasteiger partial charge < -0.3 is 10.4 Å². The lowest BCUT2D eigenvalue weighted by Crippen LogP contribution is -2.28. The van der Waals surface area contributed by atoms with Crippen LogP contribution in [0.4, 0.5) is 0 Å². The highest BCUT2D eigenvalue weighted by Crippen LogP contribution is 2.16. The molecule has 1 aromatic heterocycles. The van der Waals surface area contributed by atoms with Crippen LogP contribution in [0.1, 0.15) is 27.2 Å². The van der Waals surface area contributed by atoms with Gasteiger partial charge in [-0.3, -0.25) is 4.79 Å². The Morgan fingerprint density at radius 1 is 1.47 bits per heavy atom. The number of aryl methyl sites for hydroxylation is 1. The SMILES string of the molecule is Cc1nc(C(=O)NC[C@@H](O)c2ccc(Cl)cc2)cs1. The maximum atomic E-state index is 11.7. The Morgan fingerprint density at radius 3 is 2.74 bits per heavy atom. The Labute approximate surface area is 120 Å². The van der Waals surface area contributed by atoms with Gasteiger partial charge in [-0.05, 0) is 24.6 Å². The highest BCUT2D eigenvalue weighted by molar-refractivity contribution is 7.09. The predicted octanol–water partition coefficient (Wildman–Crippen LogP) is 2.57. The molecule has 1 heterocycles. The molecule has 2 N–H and O–H groups in total. The third kappa shape index (κ3) is 3.76. The van der Waals surface area contributed by atoms with Crippen molar-refractivity contribution in [2.45, 2.75) is 13.0 Å². The average molecular weight is 297 g/mol. The van der Waals surface area contributed by atoms with E-state index in [4.69, 9.17) is 11.6 Å². The van der Waals surface area contributed by atoms with Crippen LogP contribution in [-0.4, -0.2) is 22.5 Å². The Hall–Kier alpha value is -1.43. The average Bonchev–Trinajstić information content (AvgIpc) is 2.83. The molecule has 2 aromatic rings. The van der Waals surface area contributed by atoms with Gasteiger partial charge in [0.2, 0.25) is 0 Å². The molecule has 4 nitrogen and oxygen atoms in total. The van der Waals surface area contributed by atoms with Gasteiger partial charge in [0, 0.05) is 16.9 Å². The smallest absolute Gasteiger partial charge is 0.270 e. The molecular weight excluding hydrogens is 284 g/mol. The molecule has 0 unspecified atom stereocenters. The van der Waals surface area contributed by atoms with Crippen molar-refractivity contribution >= 4 is 28.8 Å². The van der Waals surface area contributed by atoms with Crippen LogP contribution in [-0.2, 0) is 0 Å². The Balaban J connectivity index is 1.91. The number of aliphatic hydroxyl groups is 1. The number of thiazole rings is 1. The molecule has 0 radical (unpaired) electrons. The fourth-order valence-electron chi connectivity index (χ4n) is 1.55. The van der Waals surface area contributed by atoms with Crippen molar-refractivity contribution in [2.75, 3.05) is 6.54 Å². The molecule has 0 saturated heterocycles. The molecule has 2 rings (SSSR count). The molecule has 6 heteroatoms. The maximum absolute atomic E-state index is 11.7. The van der Waals surface area contributed by atoms with Gasteiger partial charge in [-0.15, -0.1) is 11.3 Å². The van der Waals surface area contributed by atoms with Gasteiger partial charge >= 0.3 is 0 Å². The zero-order valence-electron chi connectivity index (χ0n) is 10.3. The maximum Gasteiger partial charge on any atom is 0.270 e. The lowest BCUT2D eigenvalue weighted by Gasteiger charge is -2.11. The van der Waals surface area contributed by atoms with E-state index in [9.17, 15) is 9.90 Å². The van der Waals surface area contributed by atoms with E-state index in [1.54, 1.807) is 29.6 Å². The van der Waals surface area contributed by atoms with E-state index in [2.05, 4.69) is 10.3 Å². The van der Waals surface area contributed by atoms with Gasteiger partial charge in [0.15, 0.2) is 0 Å². The Morgan fingerprint density at radius 2 is 2.16 bits per heavy atom. The summed E-state index contributed by atoms with van der Waals surface area (Å²) in [6.45, 7) is 1.97. The summed E-state index contributed by atoms with van der Waals surface area (Å²) in [5, 5.41) is 15.7. The van der Waals surface area contributed by atoms with Gasteiger partial charge in [-0.1, -0.05) is 23.7 Å². The van der Waals surface area contributed by atoms with Crippen molar-refractivity contribution in [3.8, 4) is 0 Å². The van der Waals surface area contributed by atoms with Crippen LogP contribution in [0.2, 0.25) is 5.02 Å². The highest BCUT2D eigenvalue weighted by atomic mass is 35.5. The summed E-state index contributed by atoms with van der Waals surface area (Å²) >= 11 is 7.18. The number of benzene rings is 1. The molecular formula is C13H13ClN2O2S. The number of hydrogen-bond donors (Lipinski definition) is 2. The van der Waals surface area contributed by atoms with E-state index in [1.165, 1.54) is 11.3 Å². The van der Waals surface area contributed by atoms with Crippen LogP contribution in [0.15, 0.2) is 29.6 Å². The summed E-state index contributed by atoms with van der Waals surface area (Å²) in [5.41, 5.74) is 1.09. The standard InChI is InChI=1S/C13H13ClN2O2S/c1-8-16-11(7-19-8)13(18)15-6-12(17)9-2-4-10(14)5-3-9/h2-5,7,12,17H,6H2,1H3,(H,15,18)/t12-/m1/s1. The van der Waals surface area contributed by atoms with Crippen molar-refractivity contribution < 1.29 is 9.90 Å². The number of carbonyl (C=O) groups excluding carboxylic acids is 1.